The molecule has 30 heavy (non-hydrogen) atoms. The van der Waals surface area contributed by atoms with Gasteiger partial charge in [0.1, 0.15) is 5.82 Å². The topological polar surface area (TPSA) is 82.5 Å². The van der Waals surface area contributed by atoms with Crippen molar-refractivity contribution in [2.75, 3.05) is 25.6 Å². The standard InChI is InChI=1S/C24H46N4OS/c1-7-8-15-24(16-9-10-19-30(6,26)29)20-28(5)23(4)27-18-12-14-22(3)21(2)13-11-17-25/h11,17-18,24,26H,4,7-10,12-16,19-20,25H2,1-3,5-6H3/b17-11-,22-21+,27-18?. The number of nitrogens with two attached hydrogens (primary N) is 1. The minimum Gasteiger partial charge on any atom is -0.405 e. The highest BCUT2D eigenvalue weighted by molar-refractivity contribution is 7.91. The van der Waals surface area contributed by atoms with Crippen LogP contribution in [0.2, 0.25) is 0 Å². The third-order valence-corrected chi connectivity index (χ3v) is 6.58. The van der Waals surface area contributed by atoms with Crippen LogP contribution >= 0.6 is 0 Å². The van der Waals surface area contributed by atoms with Crippen molar-refractivity contribution in [3.05, 3.63) is 35.8 Å². The average Bonchev–Trinajstić information content (AvgIpc) is 2.69. The van der Waals surface area contributed by atoms with E-state index in [2.05, 4.69) is 44.3 Å². The summed E-state index contributed by atoms with van der Waals surface area (Å²) in [6.45, 7) is 11.6. The van der Waals surface area contributed by atoms with Crippen LogP contribution in [0.25, 0.3) is 0 Å². The number of aliphatic imine (C=N–C) groups is 1. The Hall–Kier alpha value is -1.56. The van der Waals surface area contributed by atoms with E-state index in [0.717, 1.165) is 50.9 Å². The van der Waals surface area contributed by atoms with E-state index in [0.29, 0.717) is 11.7 Å². The number of unbranched alkanes of at least 4 members (excludes halogenated alkanes) is 2. The summed E-state index contributed by atoms with van der Waals surface area (Å²) < 4.78 is 19.1. The Morgan fingerprint density at radius 1 is 1.23 bits per heavy atom. The van der Waals surface area contributed by atoms with Crippen LogP contribution in [-0.4, -0.2) is 40.9 Å². The molecule has 2 atom stereocenters. The molecule has 0 bridgehead atoms. The molecule has 0 aromatic carbocycles. The maximum Gasteiger partial charge on any atom is 0.120 e. The van der Waals surface area contributed by atoms with Crippen molar-refractivity contribution in [2.45, 2.75) is 78.6 Å². The van der Waals surface area contributed by atoms with Crippen molar-refractivity contribution in [3.8, 4) is 0 Å². The first-order valence-electron chi connectivity index (χ1n) is 11.3. The third-order valence-electron chi connectivity index (χ3n) is 5.51. The zero-order valence-corrected chi connectivity index (χ0v) is 20.9. The largest absolute Gasteiger partial charge is 0.405 e. The second-order valence-electron chi connectivity index (χ2n) is 8.55. The summed E-state index contributed by atoms with van der Waals surface area (Å²) in [5, 5.41) is 0. The van der Waals surface area contributed by atoms with E-state index in [4.69, 9.17) is 10.5 Å². The summed E-state index contributed by atoms with van der Waals surface area (Å²) >= 11 is 0. The quantitative estimate of drug-likeness (QED) is 0.164. The molecule has 0 amide bonds. The Labute approximate surface area is 186 Å². The van der Waals surface area contributed by atoms with Crippen LogP contribution < -0.4 is 5.73 Å². The van der Waals surface area contributed by atoms with Crippen LogP contribution in [0.5, 0.6) is 0 Å². The first-order chi connectivity index (χ1) is 14.1. The Morgan fingerprint density at radius 2 is 1.90 bits per heavy atom. The number of nitrogens with one attached hydrogen (secondary N) is 1. The van der Waals surface area contributed by atoms with Crippen LogP contribution in [0.3, 0.4) is 0 Å². The van der Waals surface area contributed by atoms with Crippen molar-refractivity contribution < 1.29 is 4.21 Å². The van der Waals surface area contributed by atoms with Gasteiger partial charge in [0, 0.05) is 41.5 Å². The monoisotopic (exact) mass is 438 g/mol. The van der Waals surface area contributed by atoms with Gasteiger partial charge in [0.15, 0.2) is 0 Å². The minimum atomic E-state index is -2.36. The van der Waals surface area contributed by atoms with E-state index in [1.54, 1.807) is 6.20 Å². The number of nitrogens with zero attached hydrogens (tertiary/aromatic N) is 2. The summed E-state index contributed by atoms with van der Waals surface area (Å²) in [6.07, 6.45) is 16.5. The van der Waals surface area contributed by atoms with Gasteiger partial charge in [-0.1, -0.05) is 50.0 Å². The van der Waals surface area contributed by atoms with Gasteiger partial charge in [0.05, 0.1) is 0 Å². The van der Waals surface area contributed by atoms with Gasteiger partial charge in [-0.25, -0.2) is 4.99 Å². The fraction of sp³-hybridized carbons (Fsp3) is 0.708. The lowest BCUT2D eigenvalue weighted by atomic mass is 9.95. The molecule has 0 radical (unpaired) electrons. The first kappa shape index (κ1) is 28.4. The summed E-state index contributed by atoms with van der Waals surface area (Å²) in [7, 11) is -0.295. The lowest BCUT2D eigenvalue weighted by molar-refractivity contribution is 0.295. The predicted octanol–water partition coefficient (Wildman–Crippen LogP) is 6.09. The van der Waals surface area contributed by atoms with E-state index in [-0.39, 0.29) is 0 Å². The molecule has 0 heterocycles. The predicted molar refractivity (Wildman–Crippen MR) is 134 cm³/mol. The van der Waals surface area contributed by atoms with Crippen molar-refractivity contribution >= 4 is 15.9 Å². The Balaban J connectivity index is 4.51. The molecule has 0 aromatic heterocycles. The molecule has 0 aromatic rings. The van der Waals surface area contributed by atoms with E-state index in [1.807, 2.05) is 12.3 Å². The fourth-order valence-corrected chi connectivity index (χ4v) is 4.06. The number of hydrogen-bond donors (Lipinski definition) is 2. The van der Waals surface area contributed by atoms with Crippen LogP contribution in [-0.2, 0) is 9.73 Å². The highest BCUT2D eigenvalue weighted by Crippen LogP contribution is 2.19. The van der Waals surface area contributed by atoms with Crippen molar-refractivity contribution in [1.82, 2.24) is 4.90 Å². The fourth-order valence-electron chi connectivity index (χ4n) is 3.30. The highest BCUT2D eigenvalue weighted by atomic mass is 32.2. The molecule has 0 saturated heterocycles. The zero-order valence-electron chi connectivity index (χ0n) is 20.1. The molecule has 5 nitrogen and oxygen atoms in total. The second kappa shape index (κ2) is 16.2. The van der Waals surface area contributed by atoms with Crippen molar-refractivity contribution in [1.29, 1.82) is 4.78 Å². The second-order valence-corrected chi connectivity index (χ2v) is 11.0. The molecular weight excluding hydrogens is 392 g/mol. The summed E-state index contributed by atoms with van der Waals surface area (Å²) in [4.78, 5) is 6.72. The van der Waals surface area contributed by atoms with Gasteiger partial charge in [0.2, 0.25) is 0 Å². The Morgan fingerprint density at radius 3 is 2.50 bits per heavy atom. The van der Waals surface area contributed by atoms with Gasteiger partial charge >= 0.3 is 0 Å². The molecule has 0 aliphatic heterocycles. The van der Waals surface area contributed by atoms with Gasteiger partial charge in [-0.2, -0.15) is 0 Å². The molecule has 0 aliphatic carbocycles. The molecule has 3 N–H and O–H groups in total. The average molecular weight is 439 g/mol. The Kier molecular flexibility index (Phi) is 15.3. The molecule has 0 spiro atoms. The van der Waals surface area contributed by atoms with Gasteiger partial charge in [-0.05, 0) is 64.5 Å². The van der Waals surface area contributed by atoms with Gasteiger partial charge in [-0.3, -0.25) is 8.99 Å². The van der Waals surface area contributed by atoms with E-state index >= 15 is 0 Å². The third kappa shape index (κ3) is 15.3. The van der Waals surface area contributed by atoms with E-state index in [1.165, 1.54) is 36.7 Å². The number of allylic oxidation sites excluding steroid dienone is 3. The van der Waals surface area contributed by atoms with Gasteiger partial charge in [-0.15, -0.1) is 0 Å². The summed E-state index contributed by atoms with van der Waals surface area (Å²) in [5.74, 6) is 1.91. The lowest BCUT2D eigenvalue weighted by Gasteiger charge is -2.25. The number of rotatable bonds is 17. The maximum absolute atomic E-state index is 11.5. The summed E-state index contributed by atoms with van der Waals surface area (Å²) in [5.41, 5.74) is 8.17. The highest BCUT2D eigenvalue weighted by Gasteiger charge is 2.12. The van der Waals surface area contributed by atoms with Gasteiger partial charge < -0.3 is 10.6 Å². The SMILES string of the molecule is C=C(N=CCC/C(C)=C(\C)C/C=C\N)N(C)CC(CCCC)CCCCS(C)(=N)=O. The van der Waals surface area contributed by atoms with Gasteiger partial charge in [0.25, 0.3) is 0 Å². The normalized spacial score (nSPS) is 15.9. The molecule has 0 saturated carbocycles. The van der Waals surface area contributed by atoms with E-state index < -0.39 is 9.73 Å². The van der Waals surface area contributed by atoms with Crippen LogP contribution in [0.4, 0.5) is 0 Å². The van der Waals surface area contributed by atoms with E-state index in [9.17, 15) is 4.21 Å². The summed E-state index contributed by atoms with van der Waals surface area (Å²) in [6, 6.07) is 0. The molecule has 0 fully saturated rings. The lowest BCUT2D eigenvalue weighted by Crippen LogP contribution is -2.24. The molecule has 6 heteroatoms. The molecule has 0 rings (SSSR count). The van der Waals surface area contributed by atoms with Crippen LogP contribution in [0.1, 0.15) is 78.6 Å². The number of hydrogen-bond acceptors (Lipinski definition) is 5. The molecule has 174 valence electrons. The van der Waals surface area contributed by atoms with Crippen molar-refractivity contribution in [2.24, 2.45) is 16.6 Å². The van der Waals surface area contributed by atoms with Crippen molar-refractivity contribution in [3.63, 3.8) is 0 Å². The van der Waals surface area contributed by atoms with Crippen LogP contribution in [0.15, 0.2) is 40.8 Å². The minimum absolute atomic E-state index is 0.510. The zero-order chi connectivity index (χ0) is 23.0. The Bertz CT molecular complexity index is 677. The van der Waals surface area contributed by atoms with Crippen LogP contribution in [0, 0.1) is 10.7 Å². The maximum atomic E-state index is 11.5. The molecular formula is C24H46N4OS. The molecule has 0 aliphatic rings. The molecule has 2 unspecified atom stereocenters. The smallest absolute Gasteiger partial charge is 0.120 e. The first-order valence-corrected chi connectivity index (χ1v) is 13.4.